The molecule has 25 heavy (non-hydrogen) atoms. The van der Waals surface area contributed by atoms with Crippen molar-refractivity contribution < 1.29 is 13.2 Å². The number of sulfonamides is 1. The second kappa shape index (κ2) is 6.92. The molecule has 0 atom stereocenters. The van der Waals surface area contributed by atoms with E-state index in [0.717, 1.165) is 18.4 Å². The predicted molar refractivity (Wildman–Crippen MR) is 97.3 cm³/mol. The molecule has 0 radical (unpaired) electrons. The number of aryl methyl sites for hydroxylation is 2. The van der Waals surface area contributed by atoms with Crippen molar-refractivity contribution in [3.63, 3.8) is 0 Å². The van der Waals surface area contributed by atoms with Gasteiger partial charge in [0.2, 0.25) is 0 Å². The molecule has 0 fully saturated rings. The molecule has 0 aliphatic carbocycles. The number of hydrogen-bond acceptors (Lipinski definition) is 3. The molecule has 1 N–H and O–H groups in total. The first kappa shape index (κ1) is 17.5. The first-order valence-electron chi connectivity index (χ1n) is 8.55. The van der Waals surface area contributed by atoms with Gasteiger partial charge < -0.3 is 9.47 Å². The van der Waals surface area contributed by atoms with Gasteiger partial charge in [-0.05, 0) is 43.5 Å². The van der Waals surface area contributed by atoms with Crippen LogP contribution < -0.4 is 4.72 Å². The lowest BCUT2D eigenvalue weighted by molar-refractivity contribution is 0.0766. The lowest BCUT2D eigenvalue weighted by Gasteiger charge is -2.17. The SMILES string of the molecule is CCc1ccc(NS(=O)(=O)c2cc3n(c2)CCCN(CC)C3=O)cc1. The minimum Gasteiger partial charge on any atom is -0.342 e. The summed E-state index contributed by atoms with van der Waals surface area (Å²) in [7, 11) is -3.73. The average molecular weight is 361 g/mol. The van der Waals surface area contributed by atoms with Crippen LogP contribution in [0.3, 0.4) is 0 Å². The van der Waals surface area contributed by atoms with Gasteiger partial charge in [-0.15, -0.1) is 0 Å². The summed E-state index contributed by atoms with van der Waals surface area (Å²) >= 11 is 0. The van der Waals surface area contributed by atoms with Gasteiger partial charge in [0.1, 0.15) is 10.6 Å². The number of nitrogens with zero attached hydrogens (tertiary/aromatic N) is 2. The van der Waals surface area contributed by atoms with E-state index in [0.29, 0.717) is 31.0 Å². The predicted octanol–water partition coefficient (Wildman–Crippen LogP) is 2.72. The Kier molecular flexibility index (Phi) is 4.85. The molecular weight excluding hydrogens is 338 g/mol. The van der Waals surface area contributed by atoms with E-state index in [4.69, 9.17) is 0 Å². The highest BCUT2D eigenvalue weighted by Crippen LogP contribution is 2.22. The van der Waals surface area contributed by atoms with Crippen molar-refractivity contribution in [3.8, 4) is 0 Å². The van der Waals surface area contributed by atoms with Gasteiger partial charge >= 0.3 is 0 Å². The summed E-state index contributed by atoms with van der Waals surface area (Å²) in [5, 5.41) is 0. The number of hydrogen-bond donors (Lipinski definition) is 1. The number of fused-ring (bicyclic) bond motifs is 1. The van der Waals surface area contributed by atoms with Crippen LogP contribution in [-0.4, -0.2) is 36.9 Å². The zero-order chi connectivity index (χ0) is 18.0. The van der Waals surface area contributed by atoms with E-state index in [1.807, 2.05) is 26.0 Å². The number of carbonyl (C=O) groups excluding carboxylic acids is 1. The molecule has 2 heterocycles. The van der Waals surface area contributed by atoms with Gasteiger partial charge in [-0.3, -0.25) is 9.52 Å². The number of aromatic nitrogens is 1. The maximum atomic E-state index is 12.7. The van der Waals surface area contributed by atoms with E-state index < -0.39 is 10.0 Å². The van der Waals surface area contributed by atoms with Crippen molar-refractivity contribution in [1.29, 1.82) is 0 Å². The molecule has 1 amide bonds. The van der Waals surface area contributed by atoms with Gasteiger partial charge in [0.05, 0.1) is 0 Å². The molecule has 2 aromatic rings. The van der Waals surface area contributed by atoms with E-state index in [1.165, 1.54) is 6.07 Å². The van der Waals surface area contributed by atoms with E-state index in [-0.39, 0.29) is 10.8 Å². The van der Waals surface area contributed by atoms with Gasteiger partial charge in [-0.1, -0.05) is 19.1 Å². The number of anilines is 1. The van der Waals surface area contributed by atoms with Gasteiger partial charge in [-0.25, -0.2) is 8.42 Å². The van der Waals surface area contributed by atoms with E-state index >= 15 is 0 Å². The lowest BCUT2D eigenvalue weighted by Crippen LogP contribution is -2.30. The van der Waals surface area contributed by atoms with Crippen LogP contribution in [0.1, 0.15) is 36.3 Å². The summed E-state index contributed by atoms with van der Waals surface area (Å²) in [6.07, 6.45) is 3.26. The number of nitrogens with one attached hydrogen (secondary N) is 1. The molecule has 0 saturated carbocycles. The van der Waals surface area contributed by atoms with Gasteiger partial charge in [0, 0.05) is 31.5 Å². The highest BCUT2D eigenvalue weighted by Gasteiger charge is 2.26. The molecule has 0 unspecified atom stereocenters. The van der Waals surface area contributed by atoms with Crippen molar-refractivity contribution in [2.75, 3.05) is 17.8 Å². The monoisotopic (exact) mass is 361 g/mol. The molecule has 1 aromatic heterocycles. The van der Waals surface area contributed by atoms with Gasteiger partial charge in [0.25, 0.3) is 15.9 Å². The zero-order valence-electron chi connectivity index (χ0n) is 14.5. The summed E-state index contributed by atoms with van der Waals surface area (Å²) in [6.45, 7) is 5.92. The van der Waals surface area contributed by atoms with E-state index in [1.54, 1.807) is 27.8 Å². The molecule has 134 valence electrons. The van der Waals surface area contributed by atoms with Crippen molar-refractivity contribution in [3.05, 3.63) is 47.8 Å². The summed E-state index contributed by atoms with van der Waals surface area (Å²) < 4.78 is 29.7. The highest BCUT2D eigenvalue weighted by atomic mass is 32.2. The second-order valence-electron chi connectivity index (χ2n) is 6.15. The lowest BCUT2D eigenvalue weighted by atomic mass is 10.2. The molecule has 0 saturated heterocycles. The molecule has 3 rings (SSSR count). The fraction of sp³-hybridized carbons (Fsp3) is 0.389. The number of benzene rings is 1. The second-order valence-corrected chi connectivity index (χ2v) is 7.83. The number of rotatable bonds is 5. The van der Waals surface area contributed by atoms with Crippen LogP contribution in [0.5, 0.6) is 0 Å². The van der Waals surface area contributed by atoms with Crippen LogP contribution in [-0.2, 0) is 23.0 Å². The zero-order valence-corrected chi connectivity index (χ0v) is 15.3. The highest BCUT2D eigenvalue weighted by molar-refractivity contribution is 7.92. The minimum absolute atomic E-state index is 0.117. The van der Waals surface area contributed by atoms with Crippen LogP contribution in [0, 0.1) is 0 Å². The normalized spacial score (nSPS) is 15.0. The Labute approximate surface area is 148 Å². The van der Waals surface area contributed by atoms with Crippen molar-refractivity contribution in [1.82, 2.24) is 9.47 Å². The van der Waals surface area contributed by atoms with Crippen LogP contribution in [0.25, 0.3) is 0 Å². The van der Waals surface area contributed by atoms with E-state index in [9.17, 15) is 13.2 Å². The molecule has 6 nitrogen and oxygen atoms in total. The topological polar surface area (TPSA) is 71.4 Å². The maximum absolute atomic E-state index is 12.7. The number of amides is 1. The molecular formula is C18H23N3O3S. The fourth-order valence-electron chi connectivity index (χ4n) is 3.01. The smallest absolute Gasteiger partial charge is 0.270 e. The summed E-state index contributed by atoms with van der Waals surface area (Å²) in [6, 6.07) is 8.77. The molecule has 1 aromatic carbocycles. The first-order valence-corrected chi connectivity index (χ1v) is 10.0. The van der Waals surface area contributed by atoms with Crippen molar-refractivity contribution in [2.45, 2.75) is 38.1 Å². The third kappa shape index (κ3) is 3.56. The van der Waals surface area contributed by atoms with Crippen LogP contribution in [0.15, 0.2) is 41.4 Å². The van der Waals surface area contributed by atoms with Crippen molar-refractivity contribution >= 4 is 21.6 Å². The standard InChI is InChI=1S/C18H23N3O3S/c1-3-14-6-8-15(9-7-14)19-25(23,24)16-12-17-18(22)20(4-2)10-5-11-21(17)13-16/h6-9,12-13,19H,3-5,10-11H2,1-2H3. The summed E-state index contributed by atoms with van der Waals surface area (Å²) in [5.74, 6) is -0.117. The minimum atomic E-state index is -3.73. The number of carbonyl (C=O) groups is 1. The Morgan fingerprint density at radius 1 is 1.12 bits per heavy atom. The van der Waals surface area contributed by atoms with Gasteiger partial charge in [0.15, 0.2) is 0 Å². The summed E-state index contributed by atoms with van der Waals surface area (Å²) in [4.78, 5) is 14.4. The Morgan fingerprint density at radius 2 is 1.84 bits per heavy atom. The molecule has 0 spiro atoms. The Morgan fingerprint density at radius 3 is 2.48 bits per heavy atom. The molecule has 7 heteroatoms. The van der Waals surface area contributed by atoms with E-state index in [2.05, 4.69) is 4.72 Å². The average Bonchev–Trinajstić information content (AvgIpc) is 2.98. The van der Waals surface area contributed by atoms with Gasteiger partial charge in [-0.2, -0.15) is 0 Å². The van der Waals surface area contributed by atoms with Crippen LogP contribution in [0.4, 0.5) is 5.69 Å². The third-order valence-electron chi connectivity index (χ3n) is 4.51. The Hall–Kier alpha value is -2.28. The Balaban J connectivity index is 1.88. The summed E-state index contributed by atoms with van der Waals surface area (Å²) in [5.41, 5.74) is 2.09. The van der Waals surface area contributed by atoms with Crippen molar-refractivity contribution in [2.24, 2.45) is 0 Å². The molecule has 1 aliphatic rings. The maximum Gasteiger partial charge on any atom is 0.270 e. The van der Waals surface area contributed by atoms with Crippen LogP contribution in [0.2, 0.25) is 0 Å². The fourth-order valence-corrected chi connectivity index (χ4v) is 4.11. The largest absolute Gasteiger partial charge is 0.342 e. The third-order valence-corrected chi connectivity index (χ3v) is 5.86. The van der Waals surface area contributed by atoms with Crippen LogP contribution >= 0.6 is 0 Å². The molecule has 1 aliphatic heterocycles. The Bertz CT molecular complexity index is 869. The first-order chi connectivity index (χ1) is 11.9. The molecule has 0 bridgehead atoms. The quantitative estimate of drug-likeness (QED) is 0.890.